The van der Waals surface area contributed by atoms with Gasteiger partial charge in [0.05, 0.1) is 13.1 Å². The molecule has 0 radical (unpaired) electrons. The molecule has 2 amide bonds. The number of aromatic nitrogens is 1. The second-order valence-electron chi connectivity index (χ2n) is 7.67. The van der Waals surface area contributed by atoms with Crippen LogP contribution in [0.1, 0.15) is 22.5 Å². The van der Waals surface area contributed by atoms with Crippen LogP contribution in [0.15, 0.2) is 47.0 Å². The number of para-hydroxylation sites is 1. The molecule has 3 aromatic rings. The van der Waals surface area contributed by atoms with Crippen molar-refractivity contribution in [3.63, 3.8) is 0 Å². The van der Waals surface area contributed by atoms with E-state index in [1.54, 1.807) is 24.2 Å². The van der Waals surface area contributed by atoms with E-state index in [9.17, 15) is 9.59 Å². The number of carbonyl (C=O) groups excluding carboxylic acids is 2. The molecule has 7 nitrogen and oxygen atoms in total. The van der Waals surface area contributed by atoms with Crippen LogP contribution in [0.5, 0.6) is 0 Å². The van der Waals surface area contributed by atoms with Gasteiger partial charge in [0.25, 0.3) is 0 Å². The van der Waals surface area contributed by atoms with Gasteiger partial charge in [-0.2, -0.15) is 0 Å². The lowest BCUT2D eigenvalue weighted by molar-refractivity contribution is -0.125. The topological polar surface area (TPSA) is 78.7 Å². The van der Waals surface area contributed by atoms with Crippen LogP contribution in [-0.2, 0) is 22.7 Å². The van der Waals surface area contributed by atoms with Crippen molar-refractivity contribution in [3.05, 3.63) is 65.1 Å². The molecule has 4 rings (SSSR count). The summed E-state index contributed by atoms with van der Waals surface area (Å²) >= 11 is 0. The summed E-state index contributed by atoms with van der Waals surface area (Å²) in [5.74, 6) is 1.15. The molecule has 2 aromatic heterocycles. The van der Waals surface area contributed by atoms with E-state index in [4.69, 9.17) is 4.42 Å². The maximum absolute atomic E-state index is 12.6. The summed E-state index contributed by atoms with van der Waals surface area (Å²) in [4.78, 5) is 32.3. The van der Waals surface area contributed by atoms with Crippen molar-refractivity contribution < 1.29 is 14.0 Å². The van der Waals surface area contributed by atoms with Crippen LogP contribution in [0.3, 0.4) is 0 Å². The minimum Gasteiger partial charge on any atom is -0.459 e. The smallest absolute Gasteiger partial charge is 0.246 e. The number of hydrogen-bond acceptors (Lipinski definition) is 5. The molecule has 0 saturated heterocycles. The van der Waals surface area contributed by atoms with Crippen LogP contribution in [0, 0.1) is 6.92 Å². The zero-order chi connectivity index (χ0) is 21.3. The van der Waals surface area contributed by atoms with E-state index >= 15 is 0 Å². The summed E-state index contributed by atoms with van der Waals surface area (Å²) < 4.78 is 5.91. The number of nitrogens with zero attached hydrogens (tertiary/aromatic N) is 3. The molecule has 0 saturated carbocycles. The van der Waals surface area contributed by atoms with Crippen molar-refractivity contribution in [3.8, 4) is 0 Å². The van der Waals surface area contributed by atoms with E-state index in [0.29, 0.717) is 25.5 Å². The Balaban J connectivity index is 0.00000272. The van der Waals surface area contributed by atoms with E-state index in [1.165, 1.54) is 6.08 Å². The van der Waals surface area contributed by atoms with Crippen LogP contribution in [-0.4, -0.2) is 47.2 Å². The molecule has 1 aromatic carbocycles. The summed E-state index contributed by atoms with van der Waals surface area (Å²) in [6.07, 6.45) is 4.92. The van der Waals surface area contributed by atoms with Gasteiger partial charge in [-0.05, 0) is 37.7 Å². The lowest BCUT2D eigenvalue weighted by Gasteiger charge is -2.14. The van der Waals surface area contributed by atoms with E-state index in [-0.39, 0.29) is 24.2 Å². The number of amides is 2. The number of pyridine rings is 1. The standard InChI is InChI=1S/C23H24N4O3.ClH/c1-15-18-6-4-5-7-19(18)30-20(15)13-27(3)22(29)9-8-16-10-17-12-26(2)14-21(28)25-23(17)24-11-16;/h4-11H,12-14H2,1-3H3,(H,24,25,28);1H. The number of likely N-dealkylation sites (N-methyl/N-ethyl adjacent to an activating group) is 2. The number of aryl methyl sites for hydroxylation is 1. The Bertz CT molecular complexity index is 1150. The third-order valence-electron chi connectivity index (χ3n) is 5.22. The first kappa shape index (κ1) is 22.5. The molecule has 0 atom stereocenters. The number of benzene rings is 1. The van der Waals surface area contributed by atoms with E-state index < -0.39 is 0 Å². The monoisotopic (exact) mass is 440 g/mol. The van der Waals surface area contributed by atoms with Crippen LogP contribution in [0.4, 0.5) is 5.82 Å². The molecular weight excluding hydrogens is 416 g/mol. The third-order valence-corrected chi connectivity index (χ3v) is 5.22. The first-order valence-electron chi connectivity index (χ1n) is 9.78. The van der Waals surface area contributed by atoms with Crippen LogP contribution in [0.25, 0.3) is 17.0 Å². The molecule has 0 unspecified atom stereocenters. The van der Waals surface area contributed by atoms with Gasteiger partial charge in [0.15, 0.2) is 0 Å². The molecule has 0 bridgehead atoms. The molecule has 0 aliphatic carbocycles. The molecule has 0 spiro atoms. The molecule has 0 fully saturated rings. The van der Waals surface area contributed by atoms with Crippen molar-refractivity contribution in [2.45, 2.75) is 20.0 Å². The second-order valence-corrected chi connectivity index (χ2v) is 7.67. The highest BCUT2D eigenvalue weighted by molar-refractivity contribution is 5.93. The van der Waals surface area contributed by atoms with E-state index in [0.717, 1.165) is 33.4 Å². The maximum Gasteiger partial charge on any atom is 0.246 e. The van der Waals surface area contributed by atoms with Gasteiger partial charge in [0.2, 0.25) is 11.8 Å². The molecule has 8 heteroatoms. The van der Waals surface area contributed by atoms with Gasteiger partial charge in [0, 0.05) is 42.4 Å². The Hall–Kier alpha value is -3.16. The molecule has 3 heterocycles. The van der Waals surface area contributed by atoms with Crippen molar-refractivity contribution in [1.29, 1.82) is 0 Å². The minimum atomic E-state index is -0.129. The predicted molar refractivity (Wildman–Crippen MR) is 123 cm³/mol. The first-order valence-corrected chi connectivity index (χ1v) is 9.78. The minimum absolute atomic E-state index is 0. The highest BCUT2D eigenvalue weighted by Crippen LogP contribution is 2.26. The van der Waals surface area contributed by atoms with Crippen LogP contribution < -0.4 is 5.32 Å². The predicted octanol–water partition coefficient (Wildman–Crippen LogP) is 3.61. The third kappa shape index (κ3) is 4.95. The van der Waals surface area contributed by atoms with Gasteiger partial charge < -0.3 is 14.6 Å². The van der Waals surface area contributed by atoms with Gasteiger partial charge in [0.1, 0.15) is 17.2 Å². The zero-order valence-corrected chi connectivity index (χ0v) is 18.5. The number of hydrogen-bond donors (Lipinski definition) is 1. The van der Waals surface area contributed by atoms with Gasteiger partial charge >= 0.3 is 0 Å². The molecule has 1 aliphatic rings. The molecule has 1 aliphatic heterocycles. The zero-order valence-electron chi connectivity index (χ0n) is 17.7. The summed E-state index contributed by atoms with van der Waals surface area (Å²) in [5, 5.41) is 3.87. The fraction of sp³-hybridized carbons (Fsp3) is 0.261. The van der Waals surface area contributed by atoms with Gasteiger partial charge in [-0.25, -0.2) is 4.98 Å². The van der Waals surface area contributed by atoms with Gasteiger partial charge in [-0.3, -0.25) is 14.5 Å². The second kappa shape index (κ2) is 9.32. The summed E-state index contributed by atoms with van der Waals surface area (Å²) in [7, 11) is 3.63. The number of nitrogens with one attached hydrogen (secondary N) is 1. The highest BCUT2D eigenvalue weighted by Gasteiger charge is 2.18. The lowest BCUT2D eigenvalue weighted by Crippen LogP contribution is -2.26. The van der Waals surface area contributed by atoms with Crippen LogP contribution in [0.2, 0.25) is 0 Å². The molecule has 31 heavy (non-hydrogen) atoms. The van der Waals surface area contributed by atoms with Crippen molar-refractivity contribution in [2.24, 2.45) is 0 Å². The fourth-order valence-electron chi connectivity index (χ4n) is 3.58. The number of rotatable bonds is 4. The van der Waals surface area contributed by atoms with Crippen molar-refractivity contribution >= 4 is 47.1 Å². The average Bonchev–Trinajstić information content (AvgIpc) is 2.94. The van der Waals surface area contributed by atoms with E-state index in [2.05, 4.69) is 10.3 Å². The Labute approximate surface area is 187 Å². The number of fused-ring (bicyclic) bond motifs is 2. The largest absolute Gasteiger partial charge is 0.459 e. The van der Waals surface area contributed by atoms with Crippen molar-refractivity contribution in [2.75, 3.05) is 26.0 Å². The van der Waals surface area contributed by atoms with E-state index in [1.807, 2.05) is 49.2 Å². The fourth-order valence-corrected chi connectivity index (χ4v) is 3.58. The highest BCUT2D eigenvalue weighted by atomic mass is 35.5. The quantitative estimate of drug-likeness (QED) is 0.627. The SMILES string of the molecule is Cc1c(CN(C)C(=O)C=Cc2cnc3c(c2)CN(C)CC(=O)N3)oc2ccccc12.Cl. The maximum atomic E-state index is 12.6. The molecule has 1 N–H and O–H groups in total. The number of anilines is 1. The Morgan fingerprint density at radius 1 is 1.32 bits per heavy atom. The average molecular weight is 441 g/mol. The van der Waals surface area contributed by atoms with Crippen LogP contribution >= 0.6 is 12.4 Å². The summed E-state index contributed by atoms with van der Waals surface area (Å²) in [6.45, 7) is 3.34. The molecular formula is C23H25ClN4O3. The summed E-state index contributed by atoms with van der Waals surface area (Å²) in [6, 6.07) is 9.80. The molecule has 162 valence electrons. The lowest BCUT2D eigenvalue weighted by atomic mass is 10.1. The van der Waals surface area contributed by atoms with Crippen molar-refractivity contribution in [1.82, 2.24) is 14.8 Å². The van der Waals surface area contributed by atoms with Gasteiger partial charge in [-0.1, -0.05) is 18.2 Å². The number of carbonyl (C=O) groups is 2. The van der Waals surface area contributed by atoms with Gasteiger partial charge in [-0.15, -0.1) is 12.4 Å². The summed E-state index contributed by atoms with van der Waals surface area (Å²) in [5.41, 5.74) is 3.61. The Kier molecular flexibility index (Phi) is 6.77. The number of furan rings is 1. The Morgan fingerprint density at radius 2 is 2.10 bits per heavy atom. The number of halogens is 1. The normalized spacial score (nSPS) is 14.1. The first-order chi connectivity index (χ1) is 14.4. The Morgan fingerprint density at radius 3 is 2.87 bits per heavy atom.